The van der Waals surface area contributed by atoms with Gasteiger partial charge >= 0.3 is 0 Å². The standard InChI is InChI=1S/C15H25N3O2/c1-3-7-18(12-15(19)17-2)8-9-20-14-6-4-5-13(10-14)11-16/h4-6,10H,3,7-9,11-12,16H2,1-2H3,(H,17,19). The lowest BCUT2D eigenvalue weighted by atomic mass is 10.2. The van der Waals surface area contributed by atoms with Crippen LogP contribution in [-0.2, 0) is 11.3 Å². The van der Waals surface area contributed by atoms with Gasteiger partial charge in [0.1, 0.15) is 12.4 Å². The van der Waals surface area contributed by atoms with Crippen LogP contribution in [0.2, 0.25) is 0 Å². The van der Waals surface area contributed by atoms with Crippen LogP contribution >= 0.6 is 0 Å². The van der Waals surface area contributed by atoms with Crippen LogP contribution in [0.1, 0.15) is 18.9 Å². The maximum atomic E-state index is 11.4. The zero-order valence-electron chi connectivity index (χ0n) is 12.4. The SMILES string of the molecule is CCCN(CCOc1cccc(CN)c1)CC(=O)NC. The molecule has 20 heavy (non-hydrogen) atoms. The Kier molecular flexibility index (Phi) is 7.69. The summed E-state index contributed by atoms with van der Waals surface area (Å²) in [6.07, 6.45) is 1.01. The molecule has 5 heteroatoms. The van der Waals surface area contributed by atoms with E-state index in [2.05, 4.69) is 17.1 Å². The van der Waals surface area contributed by atoms with Crippen LogP contribution in [0.4, 0.5) is 0 Å². The van der Waals surface area contributed by atoms with E-state index in [1.165, 1.54) is 0 Å². The maximum absolute atomic E-state index is 11.4. The Morgan fingerprint density at radius 2 is 2.20 bits per heavy atom. The lowest BCUT2D eigenvalue weighted by Crippen LogP contribution is -2.38. The second-order valence-electron chi connectivity index (χ2n) is 4.65. The van der Waals surface area contributed by atoms with Crippen LogP contribution in [0.15, 0.2) is 24.3 Å². The molecule has 112 valence electrons. The Balaban J connectivity index is 2.40. The van der Waals surface area contributed by atoms with Crippen LogP contribution in [-0.4, -0.2) is 44.1 Å². The fourth-order valence-electron chi connectivity index (χ4n) is 1.92. The van der Waals surface area contributed by atoms with E-state index in [1.807, 2.05) is 24.3 Å². The van der Waals surface area contributed by atoms with E-state index >= 15 is 0 Å². The number of ether oxygens (including phenoxy) is 1. The van der Waals surface area contributed by atoms with Gasteiger partial charge in [-0.2, -0.15) is 0 Å². The maximum Gasteiger partial charge on any atom is 0.233 e. The van der Waals surface area contributed by atoms with Crippen molar-refractivity contribution in [3.05, 3.63) is 29.8 Å². The van der Waals surface area contributed by atoms with Crippen molar-refractivity contribution >= 4 is 5.91 Å². The first kappa shape index (κ1) is 16.5. The molecule has 1 aromatic carbocycles. The fourth-order valence-corrected chi connectivity index (χ4v) is 1.92. The van der Waals surface area contributed by atoms with Crippen molar-refractivity contribution in [1.82, 2.24) is 10.2 Å². The molecule has 0 atom stereocenters. The van der Waals surface area contributed by atoms with Crippen molar-refractivity contribution in [2.24, 2.45) is 5.73 Å². The minimum Gasteiger partial charge on any atom is -0.492 e. The predicted octanol–water partition coefficient (Wildman–Crippen LogP) is 0.982. The van der Waals surface area contributed by atoms with Crippen LogP contribution < -0.4 is 15.8 Å². The van der Waals surface area contributed by atoms with Crippen LogP contribution in [0.3, 0.4) is 0 Å². The molecule has 5 nitrogen and oxygen atoms in total. The summed E-state index contributed by atoms with van der Waals surface area (Å²) in [4.78, 5) is 13.5. The second-order valence-corrected chi connectivity index (χ2v) is 4.65. The minimum absolute atomic E-state index is 0.0311. The van der Waals surface area contributed by atoms with Crippen molar-refractivity contribution in [3.8, 4) is 5.75 Å². The lowest BCUT2D eigenvalue weighted by molar-refractivity contribution is -0.121. The number of hydrogen-bond acceptors (Lipinski definition) is 4. The molecule has 0 spiro atoms. The van der Waals surface area contributed by atoms with Gasteiger partial charge in [0.2, 0.25) is 5.91 Å². The number of nitrogens with two attached hydrogens (primary N) is 1. The molecule has 0 unspecified atom stereocenters. The van der Waals surface area contributed by atoms with Gasteiger partial charge in [0.25, 0.3) is 0 Å². The molecule has 0 aliphatic heterocycles. The van der Waals surface area contributed by atoms with Gasteiger partial charge in [-0.3, -0.25) is 9.69 Å². The van der Waals surface area contributed by atoms with Crippen LogP contribution in [0.25, 0.3) is 0 Å². The molecule has 0 saturated heterocycles. The van der Waals surface area contributed by atoms with Crippen molar-refractivity contribution in [1.29, 1.82) is 0 Å². The summed E-state index contributed by atoms with van der Waals surface area (Å²) in [5, 5.41) is 2.64. The monoisotopic (exact) mass is 279 g/mol. The molecule has 1 aromatic rings. The van der Waals surface area contributed by atoms with Crippen molar-refractivity contribution in [2.75, 3.05) is 33.3 Å². The first-order valence-corrected chi connectivity index (χ1v) is 7.04. The van der Waals surface area contributed by atoms with Gasteiger partial charge in [-0.05, 0) is 30.7 Å². The Morgan fingerprint density at radius 3 is 2.85 bits per heavy atom. The highest BCUT2D eigenvalue weighted by molar-refractivity contribution is 5.77. The third-order valence-corrected chi connectivity index (χ3v) is 3.00. The number of carbonyl (C=O) groups excluding carboxylic acids is 1. The Hall–Kier alpha value is -1.59. The van der Waals surface area contributed by atoms with E-state index in [0.29, 0.717) is 19.7 Å². The van der Waals surface area contributed by atoms with Gasteiger partial charge in [-0.1, -0.05) is 19.1 Å². The van der Waals surface area contributed by atoms with Crippen LogP contribution in [0, 0.1) is 0 Å². The summed E-state index contributed by atoms with van der Waals surface area (Å²) in [6, 6.07) is 7.78. The topological polar surface area (TPSA) is 67.6 Å². The number of nitrogens with one attached hydrogen (secondary N) is 1. The number of benzene rings is 1. The second kappa shape index (κ2) is 9.34. The largest absolute Gasteiger partial charge is 0.492 e. The van der Waals surface area contributed by atoms with Gasteiger partial charge in [-0.25, -0.2) is 0 Å². The van der Waals surface area contributed by atoms with Gasteiger partial charge in [0, 0.05) is 20.1 Å². The predicted molar refractivity (Wildman–Crippen MR) is 80.6 cm³/mol. The molecule has 0 heterocycles. The van der Waals surface area contributed by atoms with Gasteiger partial charge in [-0.15, -0.1) is 0 Å². The molecule has 0 aliphatic carbocycles. The molecule has 1 rings (SSSR count). The third kappa shape index (κ3) is 6.04. The van der Waals surface area contributed by atoms with Gasteiger partial charge < -0.3 is 15.8 Å². The van der Waals surface area contributed by atoms with E-state index in [9.17, 15) is 4.79 Å². The van der Waals surface area contributed by atoms with E-state index in [4.69, 9.17) is 10.5 Å². The Bertz CT molecular complexity index is 410. The van der Waals surface area contributed by atoms with E-state index in [1.54, 1.807) is 7.05 Å². The molecule has 1 amide bonds. The number of nitrogens with zero attached hydrogens (tertiary/aromatic N) is 1. The summed E-state index contributed by atoms with van der Waals surface area (Å²) < 4.78 is 5.71. The number of amides is 1. The van der Waals surface area contributed by atoms with Gasteiger partial charge in [0.05, 0.1) is 6.54 Å². The summed E-state index contributed by atoms with van der Waals surface area (Å²) in [7, 11) is 1.65. The number of hydrogen-bond donors (Lipinski definition) is 2. The molecule has 0 saturated carbocycles. The molecule has 0 bridgehead atoms. The molecular weight excluding hydrogens is 254 g/mol. The first-order chi connectivity index (χ1) is 9.69. The summed E-state index contributed by atoms with van der Waals surface area (Å²) in [6.45, 7) is 5.20. The quantitative estimate of drug-likeness (QED) is 0.707. The highest BCUT2D eigenvalue weighted by atomic mass is 16.5. The van der Waals surface area contributed by atoms with Crippen molar-refractivity contribution in [2.45, 2.75) is 19.9 Å². The van der Waals surface area contributed by atoms with Crippen molar-refractivity contribution in [3.63, 3.8) is 0 Å². The van der Waals surface area contributed by atoms with Crippen molar-refractivity contribution < 1.29 is 9.53 Å². The smallest absolute Gasteiger partial charge is 0.233 e. The molecule has 0 aliphatic rings. The molecule has 0 aromatic heterocycles. The number of carbonyl (C=O) groups is 1. The highest BCUT2D eigenvalue weighted by Crippen LogP contribution is 2.12. The first-order valence-electron chi connectivity index (χ1n) is 7.04. The van der Waals surface area contributed by atoms with Crippen LogP contribution in [0.5, 0.6) is 5.75 Å². The van der Waals surface area contributed by atoms with Gasteiger partial charge in [0.15, 0.2) is 0 Å². The normalized spacial score (nSPS) is 10.6. The number of likely N-dealkylation sites (N-methyl/N-ethyl adjacent to an activating group) is 1. The van der Waals surface area contributed by atoms with E-state index in [0.717, 1.165) is 30.8 Å². The highest BCUT2D eigenvalue weighted by Gasteiger charge is 2.08. The Labute approximate surface area is 121 Å². The van der Waals surface area contributed by atoms with E-state index in [-0.39, 0.29) is 5.91 Å². The zero-order valence-corrected chi connectivity index (χ0v) is 12.4. The fraction of sp³-hybridized carbons (Fsp3) is 0.533. The van der Waals surface area contributed by atoms with E-state index < -0.39 is 0 Å². The minimum atomic E-state index is 0.0311. The molecule has 0 fully saturated rings. The molecule has 0 radical (unpaired) electrons. The lowest BCUT2D eigenvalue weighted by Gasteiger charge is -2.20. The molecule has 3 N–H and O–H groups in total. The number of rotatable bonds is 9. The summed E-state index contributed by atoms with van der Waals surface area (Å²) >= 11 is 0. The summed E-state index contributed by atoms with van der Waals surface area (Å²) in [5.41, 5.74) is 6.65. The third-order valence-electron chi connectivity index (χ3n) is 3.00. The Morgan fingerprint density at radius 1 is 1.40 bits per heavy atom. The average molecular weight is 279 g/mol. The average Bonchev–Trinajstić information content (AvgIpc) is 2.47. The molecular formula is C15H25N3O2. The summed E-state index contributed by atoms with van der Waals surface area (Å²) in [5.74, 6) is 0.855. The zero-order chi connectivity index (χ0) is 14.8.